The largest absolute Gasteiger partial charge is 0.326 e. The third-order valence-corrected chi connectivity index (χ3v) is 5.35. The predicted octanol–water partition coefficient (Wildman–Crippen LogP) is -1.12. The summed E-state index contributed by atoms with van der Waals surface area (Å²) in [6.07, 6.45) is 0.339. The number of carbonyl (C=O) groups is 2. The summed E-state index contributed by atoms with van der Waals surface area (Å²) in [5.41, 5.74) is 0.679. The third-order valence-electron chi connectivity index (χ3n) is 4.82. The van der Waals surface area contributed by atoms with Gasteiger partial charge in [-0.2, -0.15) is 0 Å². The molecule has 2 aliphatic heterocycles. The van der Waals surface area contributed by atoms with Crippen molar-refractivity contribution in [2.24, 2.45) is 0 Å². The molecule has 2 aliphatic rings. The van der Waals surface area contributed by atoms with Crippen LogP contribution in [0.5, 0.6) is 0 Å². The second kappa shape index (κ2) is 6.48. The van der Waals surface area contributed by atoms with Crippen LogP contribution in [0.3, 0.4) is 0 Å². The highest BCUT2D eigenvalue weighted by Gasteiger charge is 2.46. The first-order valence-corrected chi connectivity index (χ1v) is 8.70. The third kappa shape index (κ3) is 2.95. The SMILES string of the molecule is CC[NH+]1CC[NH+](C2CC(=O)N(c3ccc(Br)cc3)C2=O)CC1. The van der Waals surface area contributed by atoms with Crippen molar-refractivity contribution in [3.05, 3.63) is 28.7 Å². The minimum atomic E-state index is -0.199. The topological polar surface area (TPSA) is 46.3 Å². The van der Waals surface area contributed by atoms with Gasteiger partial charge >= 0.3 is 0 Å². The average Bonchev–Trinajstić information content (AvgIpc) is 2.83. The summed E-state index contributed by atoms with van der Waals surface area (Å²) in [6.45, 7) is 7.45. The molecule has 2 saturated heterocycles. The molecule has 5 nitrogen and oxygen atoms in total. The molecule has 0 radical (unpaired) electrons. The highest BCUT2D eigenvalue weighted by Crippen LogP contribution is 2.23. The summed E-state index contributed by atoms with van der Waals surface area (Å²) in [7, 11) is 0. The minimum absolute atomic E-state index is 0.0396. The normalized spacial score (nSPS) is 29.2. The molecule has 0 aromatic heterocycles. The van der Waals surface area contributed by atoms with Crippen molar-refractivity contribution in [1.82, 2.24) is 0 Å². The van der Waals surface area contributed by atoms with Crippen LogP contribution >= 0.6 is 15.9 Å². The van der Waals surface area contributed by atoms with Gasteiger partial charge in [0.05, 0.1) is 18.7 Å². The van der Waals surface area contributed by atoms with E-state index in [1.165, 1.54) is 9.80 Å². The van der Waals surface area contributed by atoms with Crippen LogP contribution < -0.4 is 14.7 Å². The highest BCUT2D eigenvalue weighted by molar-refractivity contribution is 9.10. The number of quaternary nitrogens is 2. The van der Waals surface area contributed by atoms with Gasteiger partial charge in [-0.1, -0.05) is 15.9 Å². The van der Waals surface area contributed by atoms with Crippen LogP contribution in [-0.4, -0.2) is 50.6 Å². The number of likely N-dealkylation sites (N-methyl/N-ethyl adjacent to an activating group) is 1. The quantitative estimate of drug-likeness (QED) is 0.665. The van der Waals surface area contributed by atoms with E-state index in [4.69, 9.17) is 0 Å². The fraction of sp³-hybridized carbons (Fsp3) is 0.500. The van der Waals surface area contributed by atoms with Gasteiger partial charge in [-0.05, 0) is 31.2 Å². The first kappa shape index (κ1) is 15.6. The maximum atomic E-state index is 12.7. The van der Waals surface area contributed by atoms with Crippen LogP contribution in [0.15, 0.2) is 28.7 Å². The number of amides is 2. The first-order valence-electron chi connectivity index (χ1n) is 7.90. The Kier molecular flexibility index (Phi) is 4.61. The van der Waals surface area contributed by atoms with Gasteiger partial charge in [-0.15, -0.1) is 0 Å². The van der Waals surface area contributed by atoms with Crippen molar-refractivity contribution < 1.29 is 19.4 Å². The van der Waals surface area contributed by atoms with Crippen LogP contribution in [0, 0.1) is 0 Å². The lowest BCUT2D eigenvalue weighted by molar-refractivity contribution is -1.02. The fourth-order valence-electron chi connectivity index (χ4n) is 3.44. The van der Waals surface area contributed by atoms with E-state index in [0.29, 0.717) is 12.1 Å². The molecule has 2 heterocycles. The molecule has 2 fully saturated rings. The zero-order chi connectivity index (χ0) is 15.7. The fourth-order valence-corrected chi connectivity index (χ4v) is 3.70. The van der Waals surface area contributed by atoms with Crippen LogP contribution in [0.25, 0.3) is 0 Å². The lowest BCUT2D eigenvalue weighted by atomic mass is 10.1. The van der Waals surface area contributed by atoms with E-state index in [9.17, 15) is 9.59 Å². The van der Waals surface area contributed by atoms with E-state index < -0.39 is 0 Å². The summed E-state index contributed by atoms with van der Waals surface area (Å²) >= 11 is 3.38. The molecular formula is C16H22BrN3O2+2. The molecule has 0 spiro atoms. The number of nitrogens with one attached hydrogen (secondary N) is 2. The molecule has 3 rings (SSSR count). The lowest BCUT2D eigenvalue weighted by Crippen LogP contribution is -3.29. The Morgan fingerprint density at radius 2 is 1.77 bits per heavy atom. The molecule has 0 saturated carbocycles. The Labute approximate surface area is 139 Å². The van der Waals surface area contributed by atoms with Crippen LogP contribution in [0.2, 0.25) is 0 Å². The first-order chi connectivity index (χ1) is 10.6. The summed E-state index contributed by atoms with van der Waals surface area (Å²) in [5, 5.41) is 0. The number of carbonyl (C=O) groups excluding carboxylic acids is 2. The molecule has 0 bridgehead atoms. The number of rotatable bonds is 3. The van der Waals surface area contributed by atoms with Gasteiger partial charge in [-0.3, -0.25) is 9.59 Å². The molecule has 1 aromatic carbocycles. The van der Waals surface area contributed by atoms with E-state index in [1.54, 1.807) is 4.90 Å². The zero-order valence-corrected chi connectivity index (χ0v) is 14.4. The van der Waals surface area contributed by atoms with Gasteiger partial charge in [0, 0.05) is 4.47 Å². The van der Waals surface area contributed by atoms with Crippen molar-refractivity contribution in [3.63, 3.8) is 0 Å². The lowest BCUT2D eigenvalue weighted by Gasteiger charge is -2.31. The molecule has 1 aromatic rings. The van der Waals surface area contributed by atoms with Crippen molar-refractivity contribution >= 4 is 33.4 Å². The summed E-state index contributed by atoms with van der Waals surface area (Å²) < 4.78 is 0.941. The monoisotopic (exact) mass is 367 g/mol. The van der Waals surface area contributed by atoms with E-state index in [2.05, 4.69) is 22.9 Å². The Balaban J connectivity index is 1.73. The number of hydrogen-bond acceptors (Lipinski definition) is 2. The van der Waals surface area contributed by atoms with Crippen molar-refractivity contribution in [2.45, 2.75) is 19.4 Å². The Morgan fingerprint density at radius 3 is 2.36 bits per heavy atom. The van der Waals surface area contributed by atoms with Crippen LogP contribution in [-0.2, 0) is 9.59 Å². The summed E-state index contributed by atoms with van der Waals surface area (Å²) in [4.78, 5) is 29.3. The standard InChI is InChI=1S/C16H20BrN3O2/c1-2-18-7-9-19(10-8-18)14-11-15(21)20(16(14)22)13-5-3-12(17)4-6-13/h3-6,14H,2,7-11H2,1H3/p+2. The number of imide groups is 1. The van der Waals surface area contributed by atoms with Crippen LogP contribution in [0.1, 0.15) is 13.3 Å². The number of nitrogens with zero attached hydrogens (tertiary/aromatic N) is 1. The number of piperazine rings is 1. The molecule has 22 heavy (non-hydrogen) atoms. The van der Waals surface area contributed by atoms with Gasteiger partial charge in [0.1, 0.15) is 26.2 Å². The van der Waals surface area contributed by atoms with E-state index in [1.807, 2.05) is 24.3 Å². The number of halogens is 1. The molecule has 2 N–H and O–H groups in total. The number of benzene rings is 1. The smallest absolute Gasteiger partial charge is 0.292 e. The maximum Gasteiger partial charge on any atom is 0.292 e. The maximum absolute atomic E-state index is 12.7. The van der Waals surface area contributed by atoms with Crippen molar-refractivity contribution in [3.8, 4) is 0 Å². The molecule has 1 atom stereocenters. The second-order valence-corrected chi connectivity index (χ2v) is 6.98. The van der Waals surface area contributed by atoms with E-state index in [0.717, 1.165) is 37.2 Å². The predicted molar refractivity (Wildman–Crippen MR) is 87.0 cm³/mol. The number of hydrogen-bond donors (Lipinski definition) is 2. The van der Waals surface area contributed by atoms with Gasteiger partial charge in [0.25, 0.3) is 5.91 Å². The van der Waals surface area contributed by atoms with E-state index >= 15 is 0 Å². The second-order valence-electron chi connectivity index (χ2n) is 6.06. The molecule has 0 aliphatic carbocycles. The Hall–Kier alpha value is -1.24. The molecular weight excluding hydrogens is 346 g/mol. The van der Waals surface area contributed by atoms with Gasteiger partial charge in [0.2, 0.25) is 5.91 Å². The van der Waals surface area contributed by atoms with Crippen molar-refractivity contribution in [1.29, 1.82) is 0 Å². The molecule has 1 unspecified atom stereocenters. The highest BCUT2D eigenvalue weighted by atomic mass is 79.9. The summed E-state index contributed by atoms with van der Waals surface area (Å²) in [6, 6.07) is 7.15. The van der Waals surface area contributed by atoms with Crippen molar-refractivity contribution in [2.75, 3.05) is 37.6 Å². The minimum Gasteiger partial charge on any atom is -0.326 e. The zero-order valence-electron chi connectivity index (χ0n) is 12.8. The van der Waals surface area contributed by atoms with Gasteiger partial charge in [-0.25, -0.2) is 4.90 Å². The molecule has 6 heteroatoms. The Bertz CT molecular complexity index is 567. The van der Waals surface area contributed by atoms with Gasteiger partial charge < -0.3 is 9.80 Å². The Morgan fingerprint density at radius 1 is 1.14 bits per heavy atom. The molecule has 2 amide bonds. The van der Waals surface area contributed by atoms with Crippen LogP contribution in [0.4, 0.5) is 5.69 Å². The van der Waals surface area contributed by atoms with Gasteiger partial charge in [0.15, 0.2) is 6.04 Å². The van der Waals surface area contributed by atoms with E-state index in [-0.39, 0.29) is 17.9 Å². The average molecular weight is 368 g/mol. The molecule has 118 valence electrons. The number of anilines is 1. The summed E-state index contributed by atoms with van der Waals surface area (Å²) in [5.74, 6) is -0.114.